The fourth-order valence-corrected chi connectivity index (χ4v) is 5.59. The third-order valence-electron chi connectivity index (χ3n) is 5.53. The molecule has 0 radical (unpaired) electrons. The molecule has 3 nitrogen and oxygen atoms in total. The molecule has 0 saturated carbocycles. The number of hydrogen-bond donors (Lipinski definition) is 2. The summed E-state index contributed by atoms with van der Waals surface area (Å²) in [5, 5.41) is 4.96. The quantitative estimate of drug-likeness (QED) is 0.509. The number of halogens is 1. The number of primary amides is 1. The summed E-state index contributed by atoms with van der Waals surface area (Å²) in [5.74, 6) is 0.000346. The van der Waals surface area contributed by atoms with Crippen molar-refractivity contribution in [3.63, 3.8) is 0 Å². The van der Waals surface area contributed by atoms with Crippen LogP contribution in [0.5, 0.6) is 0 Å². The molecule has 3 N–H and O–H groups in total. The highest BCUT2D eigenvalue weighted by molar-refractivity contribution is 8.03. The summed E-state index contributed by atoms with van der Waals surface area (Å²) in [4.78, 5) is 13.2. The van der Waals surface area contributed by atoms with Gasteiger partial charge in [-0.15, -0.1) is 11.8 Å². The van der Waals surface area contributed by atoms with Gasteiger partial charge in [-0.1, -0.05) is 50.9 Å². The average molecular weight is 435 g/mol. The van der Waals surface area contributed by atoms with Crippen LogP contribution in [0.3, 0.4) is 0 Å². The van der Waals surface area contributed by atoms with E-state index in [1.807, 2.05) is 37.7 Å². The minimum absolute atomic E-state index is 0.0280. The number of nitrogens with two attached hydrogens (primary N) is 1. The first-order valence-corrected chi connectivity index (χ1v) is 12.0. The molecular weight excluding hydrogens is 400 g/mol. The molecule has 160 valence electrons. The second-order valence-electron chi connectivity index (χ2n) is 7.60. The minimum atomic E-state index is -0.255. The Bertz CT molecular complexity index is 787. The standard InChI is InChI=1S/C22H29ClN2OS.C2H6/c1-4-5-6-16-17(11-15-8-7-13(2)27-15)20(12-21(24)26)25-19-10-9-18(23)14(3)22(16)19;1-2/h6-7,9-10,15,17,20,25H,4-5,8,11-12H2,1-3H3,(H2,24,26);1-2H3/b16-6+;. The molecule has 0 fully saturated rings. The van der Waals surface area contributed by atoms with Crippen molar-refractivity contribution in [1.29, 1.82) is 0 Å². The van der Waals surface area contributed by atoms with Gasteiger partial charge in [0.1, 0.15) is 0 Å². The van der Waals surface area contributed by atoms with Gasteiger partial charge in [0, 0.05) is 39.9 Å². The molecule has 3 unspecified atom stereocenters. The number of anilines is 1. The zero-order chi connectivity index (χ0) is 21.6. The predicted molar refractivity (Wildman–Crippen MR) is 130 cm³/mol. The molecule has 2 aliphatic heterocycles. The van der Waals surface area contributed by atoms with Crippen molar-refractivity contribution in [1.82, 2.24) is 0 Å². The van der Waals surface area contributed by atoms with Crippen molar-refractivity contribution in [3.05, 3.63) is 45.3 Å². The minimum Gasteiger partial charge on any atom is -0.381 e. The van der Waals surface area contributed by atoms with Gasteiger partial charge in [-0.05, 0) is 61.3 Å². The van der Waals surface area contributed by atoms with Crippen molar-refractivity contribution in [2.24, 2.45) is 11.7 Å². The molecule has 2 heterocycles. The summed E-state index contributed by atoms with van der Waals surface area (Å²) in [5.41, 5.74) is 10.3. The third kappa shape index (κ3) is 5.82. The maximum Gasteiger partial charge on any atom is 0.219 e. The zero-order valence-corrected chi connectivity index (χ0v) is 19.9. The Labute approximate surface area is 185 Å². The van der Waals surface area contributed by atoms with E-state index in [9.17, 15) is 4.79 Å². The van der Waals surface area contributed by atoms with E-state index in [0.717, 1.165) is 42.0 Å². The van der Waals surface area contributed by atoms with Crippen LogP contribution >= 0.6 is 23.4 Å². The number of thioether (sulfide) groups is 1. The Morgan fingerprint density at radius 1 is 1.34 bits per heavy atom. The molecule has 0 saturated heterocycles. The first kappa shape index (κ1) is 23.9. The lowest BCUT2D eigenvalue weighted by atomic mass is 9.76. The number of benzene rings is 1. The van der Waals surface area contributed by atoms with Gasteiger partial charge >= 0.3 is 0 Å². The fourth-order valence-electron chi connectivity index (χ4n) is 4.22. The Balaban J connectivity index is 0.00000145. The van der Waals surface area contributed by atoms with Crippen LogP contribution in [0.25, 0.3) is 5.57 Å². The summed E-state index contributed by atoms with van der Waals surface area (Å²) < 4.78 is 0. The van der Waals surface area contributed by atoms with Crippen LogP contribution < -0.4 is 11.1 Å². The number of hydrogen-bond acceptors (Lipinski definition) is 3. The molecule has 0 bridgehead atoms. The second-order valence-corrected chi connectivity index (χ2v) is 9.55. The normalized spacial score (nSPS) is 24.3. The van der Waals surface area contributed by atoms with Crippen molar-refractivity contribution >= 4 is 40.5 Å². The maximum absolute atomic E-state index is 11.8. The van der Waals surface area contributed by atoms with E-state index in [1.165, 1.54) is 16.0 Å². The van der Waals surface area contributed by atoms with Crippen LogP contribution in [-0.2, 0) is 4.79 Å². The van der Waals surface area contributed by atoms with Crippen molar-refractivity contribution in [2.45, 2.75) is 78.0 Å². The summed E-state index contributed by atoms with van der Waals surface area (Å²) >= 11 is 8.42. The largest absolute Gasteiger partial charge is 0.381 e. The topological polar surface area (TPSA) is 55.1 Å². The average Bonchev–Trinajstić information content (AvgIpc) is 3.10. The summed E-state index contributed by atoms with van der Waals surface area (Å²) in [6, 6.07) is 3.99. The van der Waals surface area contributed by atoms with E-state index >= 15 is 0 Å². The molecule has 5 heteroatoms. The molecule has 1 amide bonds. The van der Waals surface area contributed by atoms with E-state index in [-0.39, 0.29) is 17.9 Å². The SMILES string of the molecule is CC.CCC/C=C1/c2c(ccc(Cl)c2C)NC(CC(N)=O)C1CC1CC=C(C)S1. The molecule has 0 aliphatic carbocycles. The van der Waals surface area contributed by atoms with Gasteiger partial charge in [-0.3, -0.25) is 4.79 Å². The highest BCUT2D eigenvalue weighted by Gasteiger charge is 2.36. The lowest BCUT2D eigenvalue weighted by molar-refractivity contribution is -0.118. The van der Waals surface area contributed by atoms with E-state index in [1.54, 1.807) is 0 Å². The maximum atomic E-state index is 11.8. The summed E-state index contributed by atoms with van der Waals surface area (Å²) in [6.45, 7) is 10.5. The number of allylic oxidation sites excluding steroid dienone is 3. The third-order valence-corrected chi connectivity index (χ3v) is 7.19. The first-order valence-electron chi connectivity index (χ1n) is 10.8. The van der Waals surface area contributed by atoms with Crippen LogP contribution in [0.2, 0.25) is 5.02 Å². The Morgan fingerprint density at radius 3 is 2.66 bits per heavy atom. The molecular formula is C24H35ClN2OS. The number of amides is 1. The van der Waals surface area contributed by atoms with Crippen LogP contribution in [0.15, 0.2) is 29.2 Å². The van der Waals surface area contributed by atoms with Gasteiger partial charge in [0.25, 0.3) is 0 Å². The van der Waals surface area contributed by atoms with E-state index in [4.69, 9.17) is 17.3 Å². The number of carbonyl (C=O) groups excluding carboxylic acids is 1. The summed E-state index contributed by atoms with van der Waals surface area (Å²) in [6.07, 6.45) is 9.28. The van der Waals surface area contributed by atoms with E-state index in [2.05, 4.69) is 38.2 Å². The Hall–Kier alpha value is -1.39. The molecule has 0 aromatic heterocycles. The van der Waals surface area contributed by atoms with Crippen LogP contribution in [0.1, 0.15) is 70.9 Å². The fraction of sp³-hybridized carbons (Fsp3) is 0.542. The number of rotatable bonds is 6. The predicted octanol–water partition coefficient (Wildman–Crippen LogP) is 6.94. The van der Waals surface area contributed by atoms with E-state index < -0.39 is 0 Å². The molecule has 1 aromatic rings. The highest BCUT2D eigenvalue weighted by Crippen LogP contribution is 2.47. The number of fused-ring (bicyclic) bond motifs is 1. The number of carbonyl (C=O) groups is 1. The molecule has 1 aromatic carbocycles. The number of unbranched alkanes of at least 4 members (excludes halogenated alkanes) is 1. The van der Waals surface area contributed by atoms with Crippen molar-refractivity contribution < 1.29 is 4.79 Å². The van der Waals surface area contributed by atoms with Crippen molar-refractivity contribution in [3.8, 4) is 0 Å². The van der Waals surface area contributed by atoms with Crippen LogP contribution in [-0.4, -0.2) is 17.2 Å². The zero-order valence-electron chi connectivity index (χ0n) is 18.3. The lowest BCUT2D eigenvalue weighted by Crippen LogP contribution is -2.39. The molecule has 3 rings (SSSR count). The first-order chi connectivity index (χ1) is 13.9. The van der Waals surface area contributed by atoms with Gasteiger partial charge in [-0.25, -0.2) is 0 Å². The van der Waals surface area contributed by atoms with Gasteiger partial charge < -0.3 is 11.1 Å². The molecule has 2 aliphatic rings. The number of nitrogens with one attached hydrogen (secondary N) is 1. The summed E-state index contributed by atoms with van der Waals surface area (Å²) in [7, 11) is 0. The monoisotopic (exact) mass is 434 g/mol. The lowest BCUT2D eigenvalue weighted by Gasteiger charge is -2.39. The molecule has 29 heavy (non-hydrogen) atoms. The smallest absolute Gasteiger partial charge is 0.219 e. The van der Waals surface area contributed by atoms with Gasteiger partial charge in [0.15, 0.2) is 0 Å². The van der Waals surface area contributed by atoms with Crippen LogP contribution in [0.4, 0.5) is 5.69 Å². The van der Waals surface area contributed by atoms with Gasteiger partial charge in [-0.2, -0.15) is 0 Å². The molecule has 0 spiro atoms. The molecule has 3 atom stereocenters. The van der Waals surface area contributed by atoms with Gasteiger partial charge in [0.05, 0.1) is 0 Å². The van der Waals surface area contributed by atoms with Crippen LogP contribution in [0, 0.1) is 12.8 Å². The van der Waals surface area contributed by atoms with Gasteiger partial charge in [0.2, 0.25) is 5.91 Å². The van der Waals surface area contributed by atoms with Crippen molar-refractivity contribution in [2.75, 3.05) is 5.32 Å². The van der Waals surface area contributed by atoms with E-state index in [0.29, 0.717) is 11.7 Å². The second kappa shape index (κ2) is 11.1. The highest BCUT2D eigenvalue weighted by atomic mass is 35.5. The Kier molecular flexibility index (Phi) is 9.16. The Morgan fingerprint density at radius 2 is 2.07 bits per heavy atom.